The van der Waals surface area contributed by atoms with Gasteiger partial charge < -0.3 is 11.1 Å². The Kier molecular flexibility index (Phi) is 5.89. The fraction of sp³-hybridized carbons (Fsp3) is 0.318. The zero-order chi connectivity index (χ0) is 22.2. The molecule has 1 aliphatic rings. The number of anilines is 1. The Morgan fingerprint density at radius 1 is 1.32 bits per heavy atom. The number of rotatable bonds is 6. The first-order chi connectivity index (χ1) is 14.8. The van der Waals surface area contributed by atoms with Crippen LogP contribution in [-0.4, -0.2) is 27.9 Å². The first-order valence-electron chi connectivity index (χ1n) is 9.85. The van der Waals surface area contributed by atoms with Crippen LogP contribution in [-0.2, 0) is 12.0 Å². The Balaban J connectivity index is 1.62. The predicted molar refractivity (Wildman–Crippen MR) is 119 cm³/mol. The lowest BCUT2D eigenvalue weighted by Crippen LogP contribution is -2.60. The van der Waals surface area contributed by atoms with Gasteiger partial charge in [0.15, 0.2) is 0 Å². The molecule has 4 rings (SSSR count). The second kappa shape index (κ2) is 8.46. The summed E-state index contributed by atoms with van der Waals surface area (Å²) in [5.41, 5.74) is 8.92. The third-order valence-electron chi connectivity index (χ3n) is 5.82. The second-order valence-electron chi connectivity index (χ2n) is 7.97. The lowest BCUT2D eigenvalue weighted by Gasteiger charge is -2.41. The van der Waals surface area contributed by atoms with Crippen LogP contribution >= 0.6 is 23.2 Å². The number of halogens is 3. The molecule has 0 aliphatic carbocycles. The average Bonchev–Trinajstić information content (AvgIpc) is 3.20. The molecule has 6 nitrogen and oxygen atoms in total. The summed E-state index contributed by atoms with van der Waals surface area (Å²) >= 11 is 12.5. The highest BCUT2D eigenvalue weighted by Crippen LogP contribution is 2.36. The van der Waals surface area contributed by atoms with E-state index in [0.29, 0.717) is 42.3 Å². The van der Waals surface area contributed by atoms with Crippen LogP contribution in [0.5, 0.6) is 0 Å². The van der Waals surface area contributed by atoms with E-state index in [9.17, 15) is 4.39 Å². The van der Waals surface area contributed by atoms with Gasteiger partial charge in [0.2, 0.25) is 0 Å². The number of nitrogen functional groups attached to an aromatic ring is 1. The molecule has 0 amide bonds. The van der Waals surface area contributed by atoms with E-state index < -0.39 is 5.82 Å². The summed E-state index contributed by atoms with van der Waals surface area (Å²) in [5, 5.41) is 17.3. The Morgan fingerprint density at radius 3 is 2.77 bits per heavy atom. The van der Waals surface area contributed by atoms with Crippen LogP contribution in [0.25, 0.3) is 11.1 Å². The third-order valence-corrected chi connectivity index (χ3v) is 6.53. The molecule has 1 fully saturated rings. The molecule has 0 bridgehead atoms. The van der Waals surface area contributed by atoms with Crippen LogP contribution in [0.15, 0.2) is 36.8 Å². The van der Waals surface area contributed by atoms with Crippen molar-refractivity contribution < 1.29 is 4.39 Å². The highest BCUT2D eigenvalue weighted by Gasteiger charge is 2.39. The molecule has 3 heterocycles. The van der Waals surface area contributed by atoms with E-state index in [-0.39, 0.29) is 16.5 Å². The Morgan fingerprint density at radius 2 is 2.10 bits per heavy atom. The van der Waals surface area contributed by atoms with Crippen molar-refractivity contribution in [3.63, 3.8) is 0 Å². The number of hydrogen-bond donors (Lipinski definition) is 2. The van der Waals surface area contributed by atoms with Gasteiger partial charge in [-0.3, -0.25) is 4.68 Å². The van der Waals surface area contributed by atoms with Crippen molar-refractivity contribution in [1.29, 1.82) is 5.26 Å². The number of nitrogens with two attached hydrogens (primary N) is 1. The number of nitrogens with zero attached hydrogens (tertiary/aromatic N) is 4. The minimum absolute atomic E-state index is 0.0286. The van der Waals surface area contributed by atoms with E-state index in [1.165, 1.54) is 12.1 Å². The van der Waals surface area contributed by atoms with Crippen LogP contribution in [0.1, 0.15) is 30.4 Å². The highest BCUT2D eigenvalue weighted by molar-refractivity contribution is 6.36. The molecular weight excluding hydrogens is 438 g/mol. The molecule has 3 aromatic rings. The molecule has 2 aromatic heterocycles. The molecule has 1 aromatic carbocycles. The van der Waals surface area contributed by atoms with E-state index in [1.54, 1.807) is 12.4 Å². The van der Waals surface area contributed by atoms with Crippen LogP contribution in [0.4, 0.5) is 10.2 Å². The minimum atomic E-state index is -0.503. The van der Waals surface area contributed by atoms with Gasteiger partial charge in [0, 0.05) is 41.6 Å². The molecule has 1 saturated heterocycles. The van der Waals surface area contributed by atoms with E-state index >= 15 is 0 Å². The van der Waals surface area contributed by atoms with Crippen LogP contribution in [0.3, 0.4) is 0 Å². The Bertz CT molecular complexity index is 1170. The highest BCUT2D eigenvalue weighted by atomic mass is 35.5. The maximum atomic E-state index is 13.9. The summed E-state index contributed by atoms with van der Waals surface area (Å²) < 4.78 is 15.8. The summed E-state index contributed by atoms with van der Waals surface area (Å²) in [5.74, 6) is -0.273. The molecule has 1 unspecified atom stereocenters. The standard InChI is InChI=1S/C22H21Cl2FN6/c1-13(19-17(23)2-3-18(25)20(19)24)6-14-7-15(8-29-21(14)27)16-9-30-31(10-16)22(4-5-26)11-28-12-22/h2-3,7-10,13,28H,4,6,11-12H2,1H3,(H2,27,29). The summed E-state index contributed by atoms with van der Waals surface area (Å²) in [6, 6.07) is 6.97. The molecular formula is C22H21Cl2FN6. The van der Waals surface area contributed by atoms with Crippen LogP contribution < -0.4 is 11.1 Å². The van der Waals surface area contributed by atoms with E-state index in [4.69, 9.17) is 34.2 Å². The normalized spacial score (nSPS) is 15.8. The van der Waals surface area contributed by atoms with Crippen molar-refractivity contribution in [1.82, 2.24) is 20.1 Å². The quantitative estimate of drug-likeness (QED) is 0.529. The fourth-order valence-corrected chi connectivity index (χ4v) is 4.67. The zero-order valence-corrected chi connectivity index (χ0v) is 18.4. The largest absolute Gasteiger partial charge is 0.383 e. The molecule has 160 valence electrons. The summed E-state index contributed by atoms with van der Waals surface area (Å²) in [6.07, 6.45) is 6.27. The topological polar surface area (TPSA) is 92.5 Å². The van der Waals surface area contributed by atoms with Gasteiger partial charge in [-0.05, 0) is 41.7 Å². The lowest BCUT2D eigenvalue weighted by atomic mass is 9.89. The third kappa shape index (κ3) is 3.99. The van der Waals surface area contributed by atoms with Crippen molar-refractivity contribution in [2.45, 2.75) is 31.2 Å². The SMILES string of the molecule is CC(Cc1cc(-c2cnn(C3(CC#N)CNC3)c2)cnc1N)c1c(Cl)ccc(F)c1Cl. The minimum Gasteiger partial charge on any atom is -0.383 e. The molecule has 0 radical (unpaired) electrons. The van der Waals surface area contributed by atoms with Gasteiger partial charge in [0.05, 0.1) is 23.7 Å². The van der Waals surface area contributed by atoms with Crippen molar-refractivity contribution in [3.8, 4) is 17.2 Å². The summed E-state index contributed by atoms with van der Waals surface area (Å²) in [7, 11) is 0. The van der Waals surface area contributed by atoms with Crippen molar-refractivity contribution in [2.75, 3.05) is 18.8 Å². The first kappa shape index (κ1) is 21.6. The number of hydrogen-bond acceptors (Lipinski definition) is 5. The average molecular weight is 459 g/mol. The van der Waals surface area contributed by atoms with Gasteiger partial charge in [0.25, 0.3) is 0 Å². The number of pyridine rings is 1. The fourth-order valence-electron chi connectivity index (χ4n) is 3.93. The Hall–Kier alpha value is -2.66. The van der Waals surface area contributed by atoms with Crippen molar-refractivity contribution in [3.05, 3.63) is 63.8 Å². The maximum Gasteiger partial charge on any atom is 0.142 e. The number of aromatic nitrogens is 3. The van der Waals surface area contributed by atoms with Gasteiger partial charge in [-0.25, -0.2) is 9.37 Å². The number of nitrogens with one attached hydrogen (secondary N) is 1. The summed E-state index contributed by atoms with van der Waals surface area (Å²) in [6.45, 7) is 3.34. The smallest absolute Gasteiger partial charge is 0.142 e. The monoisotopic (exact) mass is 458 g/mol. The summed E-state index contributed by atoms with van der Waals surface area (Å²) in [4.78, 5) is 4.34. The van der Waals surface area contributed by atoms with Gasteiger partial charge in [0.1, 0.15) is 17.2 Å². The molecule has 9 heteroatoms. The number of nitriles is 1. The van der Waals surface area contributed by atoms with Crippen molar-refractivity contribution >= 4 is 29.0 Å². The molecule has 0 saturated carbocycles. The maximum absolute atomic E-state index is 13.9. The van der Waals surface area contributed by atoms with Gasteiger partial charge in [-0.2, -0.15) is 10.4 Å². The molecule has 1 atom stereocenters. The van der Waals surface area contributed by atoms with Gasteiger partial charge in [-0.15, -0.1) is 0 Å². The molecule has 3 N–H and O–H groups in total. The molecule has 31 heavy (non-hydrogen) atoms. The van der Waals surface area contributed by atoms with E-state index in [1.807, 2.05) is 23.9 Å². The Labute approximate surface area is 189 Å². The molecule has 1 aliphatic heterocycles. The van der Waals surface area contributed by atoms with Gasteiger partial charge in [-0.1, -0.05) is 30.1 Å². The van der Waals surface area contributed by atoms with Crippen LogP contribution in [0.2, 0.25) is 10.0 Å². The first-order valence-corrected chi connectivity index (χ1v) is 10.6. The van der Waals surface area contributed by atoms with Gasteiger partial charge >= 0.3 is 0 Å². The number of benzene rings is 1. The zero-order valence-electron chi connectivity index (χ0n) is 16.9. The molecule has 0 spiro atoms. The lowest BCUT2D eigenvalue weighted by molar-refractivity contribution is 0.160. The van der Waals surface area contributed by atoms with Crippen molar-refractivity contribution in [2.24, 2.45) is 0 Å². The van der Waals surface area contributed by atoms with E-state index in [0.717, 1.165) is 16.7 Å². The predicted octanol–water partition coefficient (Wildman–Crippen LogP) is 4.53. The van der Waals surface area contributed by atoms with E-state index in [2.05, 4.69) is 21.5 Å². The second-order valence-corrected chi connectivity index (χ2v) is 8.75. The van der Waals surface area contributed by atoms with Crippen LogP contribution in [0, 0.1) is 17.1 Å².